The fourth-order valence-corrected chi connectivity index (χ4v) is 2.65. The molecule has 0 atom stereocenters. The molecule has 121 valence electrons. The molecule has 0 spiro atoms. The molecule has 0 saturated heterocycles. The Balaban J connectivity index is 2.89. The van der Waals surface area contributed by atoms with Gasteiger partial charge < -0.3 is 0 Å². The van der Waals surface area contributed by atoms with E-state index in [9.17, 15) is 0 Å². The van der Waals surface area contributed by atoms with Crippen LogP contribution in [0.25, 0.3) is 0 Å². The molecule has 0 aliphatic heterocycles. The van der Waals surface area contributed by atoms with Crippen molar-refractivity contribution in [2.24, 2.45) is 0 Å². The van der Waals surface area contributed by atoms with Crippen LogP contribution in [0.1, 0.15) is 110 Å². The summed E-state index contributed by atoms with van der Waals surface area (Å²) in [6, 6.07) is 0. The van der Waals surface area contributed by atoms with Crippen LogP contribution in [-0.4, -0.2) is 5.26 Å². The average Bonchev–Trinajstić information content (AvgIpc) is 2.47. The van der Waals surface area contributed by atoms with Gasteiger partial charge in [0.15, 0.2) is 0 Å². The van der Waals surface area contributed by atoms with Gasteiger partial charge >= 0.3 is 0 Å². The zero-order chi connectivity index (χ0) is 14.7. The first kappa shape index (κ1) is 19.9. The van der Waals surface area contributed by atoms with Crippen LogP contribution >= 0.6 is 0 Å². The van der Waals surface area contributed by atoms with E-state index in [1.165, 1.54) is 96.5 Å². The van der Waals surface area contributed by atoms with E-state index in [2.05, 4.69) is 11.8 Å². The summed E-state index contributed by atoms with van der Waals surface area (Å²) < 4.78 is 0. The standard InChI is InChI=1S/C18H37O2/c1-2-3-4-5-6-7-8-9-10-11-12-13-14-15-16-17-18-20-19/h18-19H,2-17H2,1H3. The van der Waals surface area contributed by atoms with Crippen molar-refractivity contribution in [3.8, 4) is 0 Å². The SMILES string of the molecule is CCCCCCCCCCCCCCCCC[CH]OO. The Labute approximate surface area is 127 Å². The van der Waals surface area contributed by atoms with Crippen molar-refractivity contribution < 1.29 is 10.1 Å². The zero-order valence-electron chi connectivity index (χ0n) is 13.7. The third-order valence-electron chi connectivity index (χ3n) is 4.00. The van der Waals surface area contributed by atoms with Crippen LogP contribution in [0.5, 0.6) is 0 Å². The van der Waals surface area contributed by atoms with Gasteiger partial charge in [-0.15, -0.1) is 0 Å². The van der Waals surface area contributed by atoms with Gasteiger partial charge in [-0.05, 0) is 6.42 Å². The molecular weight excluding hydrogens is 248 g/mol. The van der Waals surface area contributed by atoms with Crippen LogP contribution in [-0.2, 0) is 4.89 Å². The first-order chi connectivity index (χ1) is 9.91. The quantitative estimate of drug-likeness (QED) is 0.179. The molecule has 0 heterocycles. The molecule has 0 aliphatic carbocycles. The Kier molecular flexibility index (Phi) is 18.8. The van der Waals surface area contributed by atoms with E-state index in [1.807, 2.05) is 0 Å². The molecule has 20 heavy (non-hydrogen) atoms. The summed E-state index contributed by atoms with van der Waals surface area (Å²) in [7, 11) is 0. The molecule has 0 amide bonds. The molecule has 0 rings (SSSR count). The second-order valence-corrected chi connectivity index (χ2v) is 6.01. The molecule has 1 radical (unpaired) electrons. The fourth-order valence-electron chi connectivity index (χ4n) is 2.65. The maximum atomic E-state index is 8.13. The van der Waals surface area contributed by atoms with Crippen LogP contribution in [0.4, 0.5) is 0 Å². The van der Waals surface area contributed by atoms with Crippen molar-refractivity contribution in [1.29, 1.82) is 0 Å². The Morgan fingerprint density at radius 1 is 0.600 bits per heavy atom. The molecule has 2 nitrogen and oxygen atoms in total. The van der Waals surface area contributed by atoms with E-state index in [1.54, 1.807) is 0 Å². The average molecular weight is 285 g/mol. The van der Waals surface area contributed by atoms with Crippen molar-refractivity contribution in [2.75, 3.05) is 0 Å². The van der Waals surface area contributed by atoms with Crippen molar-refractivity contribution in [1.82, 2.24) is 0 Å². The summed E-state index contributed by atoms with van der Waals surface area (Å²) in [4.78, 5) is 3.94. The van der Waals surface area contributed by atoms with Gasteiger partial charge in [0.05, 0.1) is 0 Å². The van der Waals surface area contributed by atoms with Crippen molar-refractivity contribution in [3.63, 3.8) is 0 Å². The molecule has 0 saturated carbocycles. The molecule has 0 aromatic rings. The Morgan fingerprint density at radius 3 is 1.30 bits per heavy atom. The number of hydrogen-bond acceptors (Lipinski definition) is 2. The number of rotatable bonds is 17. The summed E-state index contributed by atoms with van der Waals surface area (Å²) in [6.45, 7) is 3.75. The maximum Gasteiger partial charge on any atom is 0.122 e. The highest BCUT2D eigenvalue weighted by atomic mass is 17.1. The summed E-state index contributed by atoms with van der Waals surface area (Å²) in [5, 5.41) is 8.13. The van der Waals surface area contributed by atoms with Gasteiger partial charge in [-0.25, -0.2) is 4.89 Å². The first-order valence-corrected chi connectivity index (χ1v) is 9.03. The second-order valence-electron chi connectivity index (χ2n) is 6.01. The molecule has 0 unspecified atom stereocenters. The van der Waals surface area contributed by atoms with E-state index >= 15 is 0 Å². The Bertz CT molecular complexity index is 141. The van der Waals surface area contributed by atoms with Gasteiger partial charge in [0.25, 0.3) is 0 Å². The van der Waals surface area contributed by atoms with Gasteiger partial charge in [0.1, 0.15) is 6.61 Å². The topological polar surface area (TPSA) is 29.5 Å². The van der Waals surface area contributed by atoms with Crippen molar-refractivity contribution >= 4 is 0 Å². The minimum atomic E-state index is 0.870. The van der Waals surface area contributed by atoms with Crippen LogP contribution in [0, 0.1) is 6.61 Å². The lowest BCUT2D eigenvalue weighted by atomic mass is 10.0. The van der Waals surface area contributed by atoms with Crippen molar-refractivity contribution in [2.45, 2.75) is 110 Å². The molecule has 0 aromatic heterocycles. The second kappa shape index (κ2) is 18.9. The molecular formula is C18H37O2. The minimum absolute atomic E-state index is 0.870. The smallest absolute Gasteiger partial charge is 0.122 e. The lowest BCUT2D eigenvalue weighted by Crippen LogP contribution is -1.84. The highest BCUT2D eigenvalue weighted by Crippen LogP contribution is 2.13. The van der Waals surface area contributed by atoms with Crippen LogP contribution in [0.2, 0.25) is 0 Å². The number of hydrogen-bond donors (Lipinski definition) is 1. The first-order valence-electron chi connectivity index (χ1n) is 9.03. The Morgan fingerprint density at radius 2 is 0.950 bits per heavy atom. The van der Waals surface area contributed by atoms with E-state index in [0.717, 1.165) is 12.8 Å². The van der Waals surface area contributed by atoms with Crippen molar-refractivity contribution in [3.05, 3.63) is 6.61 Å². The summed E-state index contributed by atoms with van der Waals surface area (Å²) in [6.07, 6.45) is 21.7. The molecule has 0 aliphatic rings. The van der Waals surface area contributed by atoms with E-state index in [4.69, 9.17) is 5.26 Å². The predicted octanol–water partition coefficient (Wildman–Crippen LogP) is 6.90. The number of unbranched alkanes of at least 4 members (excludes halogenated alkanes) is 15. The normalized spacial score (nSPS) is 11.1. The molecule has 0 fully saturated rings. The molecule has 2 heteroatoms. The Hall–Kier alpha value is -0.0800. The molecule has 0 bridgehead atoms. The monoisotopic (exact) mass is 285 g/mol. The third kappa shape index (κ3) is 17.9. The van der Waals surface area contributed by atoms with Gasteiger partial charge in [-0.1, -0.05) is 103 Å². The largest absolute Gasteiger partial charge is 0.251 e. The van der Waals surface area contributed by atoms with Crippen LogP contribution < -0.4 is 0 Å². The lowest BCUT2D eigenvalue weighted by Gasteiger charge is -2.03. The third-order valence-corrected chi connectivity index (χ3v) is 4.00. The van der Waals surface area contributed by atoms with Gasteiger partial charge in [-0.3, -0.25) is 5.26 Å². The maximum absolute atomic E-state index is 8.13. The van der Waals surface area contributed by atoms with Crippen LogP contribution in [0.3, 0.4) is 0 Å². The fraction of sp³-hybridized carbons (Fsp3) is 0.944. The summed E-state index contributed by atoms with van der Waals surface area (Å²) >= 11 is 0. The van der Waals surface area contributed by atoms with Gasteiger partial charge in [-0.2, -0.15) is 0 Å². The highest BCUT2D eigenvalue weighted by molar-refractivity contribution is 4.52. The van der Waals surface area contributed by atoms with E-state index < -0.39 is 0 Å². The van der Waals surface area contributed by atoms with Crippen LogP contribution in [0.15, 0.2) is 0 Å². The van der Waals surface area contributed by atoms with E-state index in [-0.39, 0.29) is 0 Å². The predicted molar refractivity (Wildman–Crippen MR) is 87.6 cm³/mol. The highest BCUT2D eigenvalue weighted by Gasteiger charge is 1.94. The van der Waals surface area contributed by atoms with Gasteiger partial charge in [0, 0.05) is 0 Å². The zero-order valence-corrected chi connectivity index (χ0v) is 13.7. The van der Waals surface area contributed by atoms with E-state index in [0.29, 0.717) is 0 Å². The lowest BCUT2D eigenvalue weighted by molar-refractivity contribution is -0.212. The van der Waals surface area contributed by atoms with Gasteiger partial charge in [0.2, 0.25) is 0 Å². The minimum Gasteiger partial charge on any atom is -0.251 e. The molecule has 0 aromatic carbocycles. The molecule has 1 N–H and O–H groups in total. The summed E-state index contributed by atoms with van der Waals surface area (Å²) in [5.41, 5.74) is 0. The summed E-state index contributed by atoms with van der Waals surface area (Å²) in [5.74, 6) is 0.